The number of aryl methyl sites for hydroxylation is 1. The maximum atomic E-state index is 12.5. The first kappa shape index (κ1) is 16.3. The maximum Gasteiger partial charge on any atom is 0.328 e. The van der Waals surface area contributed by atoms with E-state index in [0.717, 1.165) is 18.4 Å². The first-order valence-electron chi connectivity index (χ1n) is 7.86. The highest BCUT2D eigenvalue weighted by atomic mass is 32.2. The van der Waals surface area contributed by atoms with Crippen LogP contribution in [0.25, 0.3) is 11.0 Å². The van der Waals surface area contributed by atoms with Gasteiger partial charge in [0.2, 0.25) is 10.0 Å². The van der Waals surface area contributed by atoms with Gasteiger partial charge in [-0.2, -0.15) is 0 Å². The summed E-state index contributed by atoms with van der Waals surface area (Å²) in [5.74, 6) is 0.332. The van der Waals surface area contributed by atoms with Crippen LogP contribution in [0.2, 0.25) is 0 Å². The second kappa shape index (κ2) is 5.21. The summed E-state index contributed by atoms with van der Waals surface area (Å²) in [4.78, 5) is 12.6. The zero-order valence-corrected chi connectivity index (χ0v) is 14.8. The number of imidazole rings is 1. The molecule has 1 aromatic carbocycles. The van der Waals surface area contributed by atoms with E-state index in [9.17, 15) is 13.2 Å². The molecule has 1 fully saturated rings. The molecule has 2 aromatic rings. The zero-order chi connectivity index (χ0) is 17.0. The van der Waals surface area contributed by atoms with Crippen molar-refractivity contribution in [1.82, 2.24) is 13.9 Å². The van der Waals surface area contributed by atoms with E-state index in [1.165, 1.54) is 4.57 Å². The van der Waals surface area contributed by atoms with Crippen LogP contribution in [0.4, 0.5) is 0 Å². The quantitative estimate of drug-likeness (QED) is 0.904. The Morgan fingerprint density at radius 3 is 2.48 bits per heavy atom. The van der Waals surface area contributed by atoms with Crippen LogP contribution in [0.5, 0.6) is 0 Å². The second-order valence-electron chi connectivity index (χ2n) is 7.16. The minimum atomic E-state index is -3.56. The van der Waals surface area contributed by atoms with E-state index < -0.39 is 10.0 Å². The lowest BCUT2D eigenvalue weighted by molar-refractivity contribution is 0.516. The van der Waals surface area contributed by atoms with Crippen LogP contribution >= 0.6 is 0 Å². The molecule has 0 amide bonds. The van der Waals surface area contributed by atoms with Crippen molar-refractivity contribution in [3.05, 3.63) is 28.7 Å². The van der Waals surface area contributed by atoms with Gasteiger partial charge in [-0.3, -0.25) is 9.13 Å². The standard InChI is InChI=1S/C16H23N3O3S/c1-11(2)10-19-13-6-5-12(9-14(13)18(4)15(19)20)23(21,22)17-16(3)7-8-16/h5-6,9,11,17H,7-8,10H2,1-4H3. The minimum absolute atomic E-state index is 0.120. The van der Waals surface area contributed by atoms with Crippen LogP contribution in [-0.2, 0) is 23.6 Å². The van der Waals surface area contributed by atoms with Crippen LogP contribution < -0.4 is 10.4 Å². The molecule has 0 bridgehead atoms. The van der Waals surface area contributed by atoms with E-state index in [1.54, 1.807) is 29.8 Å². The summed E-state index contributed by atoms with van der Waals surface area (Å²) in [6, 6.07) is 4.89. The number of hydrogen-bond donors (Lipinski definition) is 1. The lowest BCUT2D eigenvalue weighted by Gasteiger charge is -2.12. The van der Waals surface area contributed by atoms with E-state index in [4.69, 9.17) is 0 Å². The molecule has 1 aromatic heterocycles. The van der Waals surface area contributed by atoms with Crippen molar-refractivity contribution in [2.75, 3.05) is 0 Å². The first-order chi connectivity index (χ1) is 10.6. The van der Waals surface area contributed by atoms with Gasteiger partial charge in [-0.15, -0.1) is 0 Å². The molecular formula is C16H23N3O3S. The molecule has 1 saturated carbocycles. The third-order valence-corrected chi connectivity index (χ3v) is 5.99. The van der Waals surface area contributed by atoms with Gasteiger partial charge in [0, 0.05) is 19.1 Å². The Bertz CT molecular complexity index is 918. The van der Waals surface area contributed by atoms with Crippen molar-refractivity contribution >= 4 is 21.1 Å². The minimum Gasteiger partial charge on any atom is -0.295 e. The lowest BCUT2D eigenvalue weighted by Crippen LogP contribution is -2.34. The Hall–Kier alpha value is -1.60. The number of benzene rings is 1. The SMILES string of the molecule is CC(C)Cn1c(=O)n(C)c2cc(S(=O)(=O)NC3(C)CC3)ccc21. The molecule has 3 rings (SSSR count). The van der Waals surface area contributed by atoms with Gasteiger partial charge in [0.05, 0.1) is 15.9 Å². The smallest absolute Gasteiger partial charge is 0.295 e. The number of nitrogens with zero attached hydrogens (tertiary/aromatic N) is 2. The highest BCUT2D eigenvalue weighted by Gasteiger charge is 2.41. The number of fused-ring (bicyclic) bond motifs is 1. The molecule has 0 aliphatic heterocycles. The van der Waals surface area contributed by atoms with Crippen molar-refractivity contribution in [3.63, 3.8) is 0 Å². The van der Waals surface area contributed by atoms with Gasteiger partial charge in [0.25, 0.3) is 0 Å². The third kappa shape index (κ3) is 2.95. The first-order valence-corrected chi connectivity index (χ1v) is 9.34. The largest absolute Gasteiger partial charge is 0.328 e. The van der Waals surface area contributed by atoms with Crippen molar-refractivity contribution < 1.29 is 8.42 Å². The Balaban J connectivity index is 2.09. The Labute approximate surface area is 136 Å². The fourth-order valence-electron chi connectivity index (χ4n) is 2.77. The number of hydrogen-bond acceptors (Lipinski definition) is 3. The molecular weight excluding hydrogens is 314 g/mol. The van der Waals surface area contributed by atoms with Gasteiger partial charge in [-0.05, 0) is 43.9 Å². The van der Waals surface area contributed by atoms with E-state index in [1.807, 2.05) is 20.8 Å². The molecule has 0 unspecified atom stereocenters. The molecule has 1 aliphatic rings. The highest BCUT2D eigenvalue weighted by molar-refractivity contribution is 7.89. The Morgan fingerprint density at radius 2 is 1.91 bits per heavy atom. The number of sulfonamides is 1. The van der Waals surface area contributed by atoms with Gasteiger partial charge in [0.1, 0.15) is 0 Å². The molecule has 0 saturated heterocycles. The monoisotopic (exact) mass is 337 g/mol. The van der Waals surface area contributed by atoms with Gasteiger partial charge in [-0.25, -0.2) is 17.9 Å². The maximum absolute atomic E-state index is 12.5. The van der Waals surface area contributed by atoms with Gasteiger partial charge in [-0.1, -0.05) is 13.8 Å². The van der Waals surface area contributed by atoms with Crippen LogP contribution in [0.1, 0.15) is 33.6 Å². The van der Waals surface area contributed by atoms with E-state index in [0.29, 0.717) is 18.0 Å². The fraction of sp³-hybridized carbons (Fsp3) is 0.562. The molecule has 0 radical (unpaired) electrons. The zero-order valence-electron chi connectivity index (χ0n) is 14.0. The summed E-state index contributed by atoms with van der Waals surface area (Å²) in [5, 5.41) is 0. The van der Waals surface area contributed by atoms with E-state index in [-0.39, 0.29) is 16.1 Å². The van der Waals surface area contributed by atoms with E-state index in [2.05, 4.69) is 4.72 Å². The summed E-state index contributed by atoms with van der Waals surface area (Å²) in [6.45, 7) is 6.60. The van der Waals surface area contributed by atoms with Crippen LogP contribution in [0, 0.1) is 5.92 Å². The van der Waals surface area contributed by atoms with Gasteiger partial charge in [0.15, 0.2) is 0 Å². The molecule has 126 valence electrons. The van der Waals surface area contributed by atoms with Crippen molar-refractivity contribution in [2.45, 2.75) is 50.6 Å². The molecule has 1 aliphatic carbocycles. The molecule has 1 heterocycles. The van der Waals surface area contributed by atoms with Crippen LogP contribution in [0.15, 0.2) is 27.9 Å². The summed E-state index contributed by atoms with van der Waals surface area (Å²) in [6.07, 6.45) is 1.72. The van der Waals surface area contributed by atoms with Crippen LogP contribution in [-0.4, -0.2) is 23.1 Å². The van der Waals surface area contributed by atoms with Gasteiger partial charge < -0.3 is 0 Å². The van der Waals surface area contributed by atoms with E-state index >= 15 is 0 Å². The normalized spacial score (nSPS) is 17.1. The predicted molar refractivity (Wildman–Crippen MR) is 90.0 cm³/mol. The summed E-state index contributed by atoms with van der Waals surface area (Å²) >= 11 is 0. The Morgan fingerprint density at radius 1 is 1.26 bits per heavy atom. The fourth-order valence-corrected chi connectivity index (χ4v) is 4.25. The van der Waals surface area contributed by atoms with Crippen molar-refractivity contribution in [1.29, 1.82) is 0 Å². The van der Waals surface area contributed by atoms with Crippen molar-refractivity contribution in [2.24, 2.45) is 13.0 Å². The highest BCUT2D eigenvalue weighted by Crippen LogP contribution is 2.36. The number of nitrogens with one attached hydrogen (secondary N) is 1. The number of rotatable bonds is 5. The molecule has 6 nitrogen and oxygen atoms in total. The third-order valence-electron chi connectivity index (χ3n) is 4.36. The number of aromatic nitrogens is 2. The topological polar surface area (TPSA) is 73.1 Å². The van der Waals surface area contributed by atoms with Crippen molar-refractivity contribution in [3.8, 4) is 0 Å². The summed E-state index contributed by atoms with van der Waals surface area (Å²) in [5.41, 5.74) is 0.969. The average molecular weight is 337 g/mol. The summed E-state index contributed by atoms with van der Waals surface area (Å²) < 4.78 is 31.0. The molecule has 23 heavy (non-hydrogen) atoms. The van der Waals surface area contributed by atoms with Crippen LogP contribution in [0.3, 0.4) is 0 Å². The summed E-state index contributed by atoms with van der Waals surface area (Å²) in [7, 11) is -1.89. The molecule has 7 heteroatoms. The lowest BCUT2D eigenvalue weighted by atomic mass is 10.2. The Kier molecular flexibility index (Phi) is 3.68. The van der Waals surface area contributed by atoms with Gasteiger partial charge >= 0.3 is 5.69 Å². The second-order valence-corrected chi connectivity index (χ2v) is 8.85. The predicted octanol–water partition coefficient (Wildman–Crippen LogP) is 1.83. The molecule has 0 spiro atoms. The molecule has 0 atom stereocenters. The average Bonchev–Trinajstić information content (AvgIpc) is 3.13. The molecule has 1 N–H and O–H groups in total.